The van der Waals surface area contributed by atoms with E-state index in [0.29, 0.717) is 5.69 Å². The van der Waals surface area contributed by atoms with E-state index in [-0.39, 0.29) is 28.8 Å². The van der Waals surface area contributed by atoms with Crippen molar-refractivity contribution in [3.8, 4) is 5.75 Å². The van der Waals surface area contributed by atoms with Crippen LogP contribution in [0.3, 0.4) is 0 Å². The molecule has 1 amide bonds. The van der Waals surface area contributed by atoms with Gasteiger partial charge in [0, 0.05) is 11.1 Å². The average Bonchev–Trinajstić information content (AvgIpc) is 2.82. The van der Waals surface area contributed by atoms with E-state index in [1.807, 2.05) is 0 Å². The maximum atomic E-state index is 11.6. The molecule has 1 aromatic carbocycles. The van der Waals surface area contributed by atoms with Crippen LogP contribution in [0.1, 0.15) is 16.1 Å². The Hall–Kier alpha value is -2.54. The number of benzene rings is 1. The van der Waals surface area contributed by atoms with Crippen LogP contribution in [0.2, 0.25) is 5.02 Å². The fraction of sp³-hybridized carbons (Fsp3) is 0.154. The molecule has 21 heavy (non-hydrogen) atoms. The minimum absolute atomic E-state index is 0.0517. The number of ether oxygens (including phenoxy) is 1. The van der Waals surface area contributed by atoms with Crippen LogP contribution < -0.4 is 10.1 Å². The van der Waals surface area contributed by atoms with Crippen molar-refractivity contribution in [3.05, 3.63) is 40.5 Å². The highest BCUT2D eigenvalue weighted by Gasteiger charge is 2.14. The Balaban J connectivity index is 1.99. The quantitative estimate of drug-likeness (QED) is 0.879. The van der Waals surface area contributed by atoms with Gasteiger partial charge in [-0.25, -0.2) is 4.79 Å². The first-order valence-electron chi connectivity index (χ1n) is 5.84. The van der Waals surface area contributed by atoms with E-state index in [1.165, 1.54) is 18.2 Å². The molecule has 0 aliphatic carbocycles. The molecule has 0 radical (unpaired) electrons. The van der Waals surface area contributed by atoms with Crippen LogP contribution in [0.15, 0.2) is 28.8 Å². The Morgan fingerprint density at radius 1 is 1.43 bits per heavy atom. The number of hydrogen-bond donors (Lipinski definition) is 2. The van der Waals surface area contributed by atoms with Crippen molar-refractivity contribution < 1.29 is 24.0 Å². The zero-order valence-electron chi connectivity index (χ0n) is 10.9. The Labute approximate surface area is 124 Å². The average molecular weight is 311 g/mol. The van der Waals surface area contributed by atoms with Gasteiger partial charge in [-0.05, 0) is 25.1 Å². The number of anilines is 1. The standard InChI is InChI=1S/C13H11ClN2O5/c1-7-4-12(21-16-7)15-11(17)6-20-10-3-2-8(14)5-9(10)13(18)19/h2-5H,6H2,1H3,(H,15,17)(H,18,19). The van der Waals surface area contributed by atoms with Gasteiger partial charge in [0.05, 0.1) is 5.69 Å². The van der Waals surface area contributed by atoms with Crippen LogP contribution in [-0.2, 0) is 4.79 Å². The fourth-order valence-corrected chi connectivity index (χ4v) is 1.71. The molecule has 0 atom stereocenters. The number of carboxylic acid groups (broad SMARTS) is 1. The predicted octanol–water partition coefficient (Wildman–Crippen LogP) is 2.35. The number of amides is 1. The highest BCUT2D eigenvalue weighted by molar-refractivity contribution is 6.31. The van der Waals surface area contributed by atoms with E-state index >= 15 is 0 Å². The van der Waals surface area contributed by atoms with Gasteiger partial charge >= 0.3 is 5.97 Å². The number of halogens is 1. The largest absolute Gasteiger partial charge is 0.483 e. The Kier molecular flexibility index (Phi) is 4.44. The molecule has 7 nitrogen and oxygen atoms in total. The Bertz CT molecular complexity index is 683. The highest BCUT2D eigenvalue weighted by Crippen LogP contribution is 2.23. The van der Waals surface area contributed by atoms with E-state index in [4.69, 9.17) is 26.0 Å². The number of carbonyl (C=O) groups excluding carboxylic acids is 1. The lowest BCUT2D eigenvalue weighted by Gasteiger charge is -2.08. The summed E-state index contributed by atoms with van der Waals surface area (Å²) in [5.41, 5.74) is 0.503. The molecule has 0 spiro atoms. The maximum Gasteiger partial charge on any atom is 0.339 e. The third kappa shape index (κ3) is 3.96. The number of rotatable bonds is 5. The minimum Gasteiger partial charge on any atom is -0.483 e. The van der Waals surface area contributed by atoms with Crippen LogP contribution in [0.4, 0.5) is 5.88 Å². The lowest BCUT2D eigenvalue weighted by atomic mass is 10.2. The molecule has 1 heterocycles. The summed E-state index contributed by atoms with van der Waals surface area (Å²) in [6, 6.07) is 5.65. The monoisotopic (exact) mass is 310 g/mol. The van der Waals surface area contributed by atoms with Crippen molar-refractivity contribution in [2.24, 2.45) is 0 Å². The van der Waals surface area contributed by atoms with E-state index in [0.717, 1.165) is 0 Å². The summed E-state index contributed by atoms with van der Waals surface area (Å²) in [7, 11) is 0. The van der Waals surface area contributed by atoms with Gasteiger partial charge in [-0.2, -0.15) is 0 Å². The molecule has 0 aliphatic rings. The summed E-state index contributed by atoms with van der Waals surface area (Å²) in [6.07, 6.45) is 0. The molecule has 0 saturated heterocycles. The number of aromatic nitrogens is 1. The lowest BCUT2D eigenvalue weighted by Crippen LogP contribution is -2.20. The number of nitrogens with one attached hydrogen (secondary N) is 1. The molecule has 110 valence electrons. The second-order valence-electron chi connectivity index (χ2n) is 4.12. The number of hydrogen-bond acceptors (Lipinski definition) is 5. The van der Waals surface area contributed by atoms with Crippen molar-refractivity contribution in [1.82, 2.24) is 5.16 Å². The van der Waals surface area contributed by atoms with Crippen LogP contribution >= 0.6 is 11.6 Å². The molecule has 0 unspecified atom stereocenters. The van der Waals surface area contributed by atoms with E-state index in [2.05, 4.69) is 10.5 Å². The number of aryl methyl sites for hydroxylation is 1. The first-order chi connectivity index (χ1) is 9.95. The summed E-state index contributed by atoms with van der Waals surface area (Å²) in [4.78, 5) is 22.7. The van der Waals surface area contributed by atoms with Gasteiger partial charge in [0.25, 0.3) is 5.91 Å². The number of nitrogens with zero attached hydrogens (tertiary/aromatic N) is 1. The molecule has 2 aromatic rings. The second kappa shape index (κ2) is 6.27. The summed E-state index contributed by atoms with van der Waals surface area (Å²) in [6.45, 7) is 1.34. The molecule has 8 heteroatoms. The molecule has 0 bridgehead atoms. The van der Waals surface area contributed by atoms with Crippen molar-refractivity contribution in [1.29, 1.82) is 0 Å². The highest BCUT2D eigenvalue weighted by atomic mass is 35.5. The van der Waals surface area contributed by atoms with E-state index in [9.17, 15) is 9.59 Å². The second-order valence-corrected chi connectivity index (χ2v) is 4.55. The number of carboxylic acids is 1. The van der Waals surface area contributed by atoms with Crippen LogP contribution in [-0.4, -0.2) is 28.7 Å². The SMILES string of the molecule is Cc1cc(NC(=O)COc2ccc(Cl)cc2C(=O)O)on1. The van der Waals surface area contributed by atoms with Crippen LogP contribution in [0.25, 0.3) is 0 Å². The van der Waals surface area contributed by atoms with E-state index < -0.39 is 11.9 Å². The smallest absolute Gasteiger partial charge is 0.339 e. The summed E-state index contributed by atoms with van der Waals surface area (Å²) < 4.78 is 10.00. The van der Waals surface area contributed by atoms with Gasteiger partial charge in [0.2, 0.25) is 5.88 Å². The zero-order chi connectivity index (χ0) is 15.4. The predicted molar refractivity (Wildman–Crippen MR) is 73.8 cm³/mol. The molecular formula is C13H11ClN2O5. The minimum atomic E-state index is -1.20. The van der Waals surface area contributed by atoms with Gasteiger partial charge in [-0.1, -0.05) is 16.8 Å². The topological polar surface area (TPSA) is 102 Å². The van der Waals surface area contributed by atoms with Crippen LogP contribution in [0, 0.1) is 6.92 Å². The molecule has 0 aliphatic heterocycles. The number of carbonyl (C=O) groups is 2. The van der Waals surface area contributed by atoms with Crippen molar-refractivity contribution >= 4 is 29.4 Å². The summed E-state index contributed by atoms with van der Waals surface area (Å²) >= 11 is 5.72. The van der Waals surface area contributed by atoms with Crippen molar-refractivity contribution in [2.75, 3.05) is 11.9 Å². The molecule has 2 rings (SSSR count). The zero-order valence-corrected chi connectivity index (χ0v) is 11.7. The molecule has 2 N–H and O–H groups in total. The Morgan fingerprint density at radius 3 is 2.81 bits per heavy atom. The first kappa shape index (κ1) is 14.9. The third-order valence-electron chi connectivity index (χ3n) is 2.42. The number of aromatic carboxylic acids is 1. The normalized spacial score (nSPS) is 10.2. The molecule has 0 saturated carbocycles. The first-order valence-corrected chi connectivity index (χ1v) is 6.22. The summed E-state index contributed by atoms with van der Waals surface area (Å²) in [5.74, 6) is -1.46. The fourth-order valence-electron chi connectivity index (χ4n) is 1.53. The van der Waals surface area contributed by atoms with Gasteiger partial charge in [-0.3, -0.25) is 10.1 Å². The maximum absolute atomic E-state index is 11.6. The lowest BCUT2D eigenvalue weighted by molar-refractivity contribution is -0.118. The van der Waals surface area contributed by atoms with Crippen molar-refractivity contribution in [3.63, 3.8) is 0 Å². The summed E-state index contributed by atoms with van der Waals surface area (Å²) in [5, 5.41) is 15.3. The molecular weight excluding hydrogens is 300 g/mol. The molecule has 1 aromatic heterocycles. The van der Waals surface area contributed by atoms with Crippen LogP contribution in [0.5, 0.6) is 5.75 Å². The van der Waals surface area contributed by atoms with Gasteiger partial charge < -0.3 is 14.4 Å². The van der Waals surface area contributed by atoms with Gasteiger partial charge in [0.15, 0.2) is 6.61 Å². The van der Waals surface area contributed by atoms with Crippen molar-refractivity contribution in [2.45, 2.75) is 6.92 Å². The van der Waals surface area contributed by atoms with Gasteiger partial charge in [-0.15, -0.1) is 0 Å². The third-order valence-corrected chi connectivity index (χ3v) is 2.66. The Morgan fingerprint density at radius 2 is 2.19 bits per heavy atom. The molecule has 0 fully saturated rings. The van der Waals surface area contributed by atoms with E-state index in [1.54, 1.807) is 13.0 Å². The van der Waals surface area contributed by atoms with Gasteiger partial charge in [0.1, 0.15) is 11.3 Å².